The summed E-state index contributed by atoms with van der Waals surface area (Å²) in [7, 11) is 0. The van der Waals surface area contributed by atoms with E-state index in [1.54, 1.807) is 23.2 Å². The van der Waals surface area contributed by atoms with Crippen LogP contribution in [0, 0.1) is 20.8 Å². The minimum Gasteiger partial charge on any atom is -1.00 e. The van der Waals surface area contributed by atoms with Crippen LogP contribution in [0.15, 0.2) is 85.0 Å². The van der Waals surface area contributed by atoms with E-state index >= 15 is 0 Å². The molecule has 0 N–H and O–H groups in total. The average molecular weight is 712 g/mol. The zero-order valence-corrected chi connectivity index (χ0v) is 32.2. The Morgan fingerprint density at radius 2 is 1.24 bits per heavy atom. The van der Waals surface area contributed by atoms with Gasteiger partial charge in [-0.25, -0.2) is 0 Å². The van der Waals surface area contributed by atoms with Gasteiger partial charge in [-0.2, -0.15) is 0 Å². The van der Waals surface area contributed by atoms with Gasteiger partial charge < -0.3 is 24.8 Å². The van der Waals surface area contributed by atoms with Gasteiger partial charge in [0, 0.05) is 0 Å². The standard InChI is InChI=1S/C29H35.C13H10.2ClH.Zr/c1-17-18(2)26-21(15-23(17)28(4,5)6)14-22-16-24(29(7,8)9)25(19(3)27(22)26)20-12-10-11-13-20;1-3-7-12(8-4-1)11-13-9-5-2-6-10-13;;;/h10-12,15H,13-14H2,1-9H3;1-10H;2*1H;/q;;;;+2/p-2. The van der Waals surface area contributed by atoms with Crippen molar-refractivity contribution in [2.45, 2.75) is 86.0 Å². The van der Waals surface area contributed by atoms with Gasteiger partial charge in [0.2, 0.25) is 0 Å². The maximum Gasteiger partial charge on any atom is -1.00 e. The van der Waals surface area contributed by atoms with Crippen LogP contribution >= 0.6 is 0 Å². The van der Waals surface area contributed by atoms with Crippen molar-refractivity contribution in [1.82, 2.24) is 0 Å². The minimum atomic E-state index is -1.30. The quantitative estimate of drug-likeness (QED) is 0.264. The molecular weight excluding hydrogens is 667 g/mol. The van der Waals surface area contributed by atoms with Gasteiger partial charge in [-0.15, -0.1) is 0 Å². The second-order valence-electron chi connectivity index (χ2n) is 14.5. The van der Waals surface area contributed by atoms with E-state index < -0.39 is 22.8 Å². The van der Waals surface area contributed by atoms with Gasteiger partial charge in [0.1, 0.15) is 0 Å². The summed E-state index contributed by atoms with van der Waals surface area (Å²) < 4.78 is 3.28. The van der Waals surface area contributed by atoms with Gasteiger partial charge in [-0.3, -0.25) is 0 Å². The maximum atomic E-state index is 2.57. The molecule has 0 unspecified atom stereocenters. The van der Waals surface area contributed by atoms with Crippen molar-refractivity contribution in [3.8, 4) is 11.1 Å². The van der Waals surface area contributed by atoms with Crippen molar-refractivity contribution >= 4 is 12.1 Å². The van der Waals surface area contributed by atoms with Crippen LogP contribution in [-0.2, 0) is 40.0 Å². The molecule has 0 nitrogen and oxygen atoms in total. The molecule has 231 valence electrons. The van der Waals surface area contributed by atoms with Crippen molar-refractivity contribution in [3.05, 3.63) is 141 Å². The molecule has 0 aliphatic heterocycles. The molecule has 4 aromatic rings. The summed E-state index contributed by atoms with van der Waals surface area (Å²) in [4.78, 5) is 0. The van der Waals surface area contributed by atoms with Crippen LogP contribution in [0.1, 0.15) is 104 Å². The molecule has 0 bridgehead atoms. The van der Waals surface area contributed by atoms with E-state index in [1.807, 2.05) is 0 Å². The van der Waals surface area contributed by atoms with E-state index in [0.29, 0.717) is 0 Å². The number of hydrogen-bond donors (Lipinski definition) is 0. The molecule has 45 heavy (non-hydrogen) atoms. The average Bonchev–Trinajstić information content (AvgIpc) is 3.63. The molecule has 0 aromatic heterocycles. The Morgan fingerprint density at radius 3 is 1.73 bits per heavy atom. The first kappa shape index (κ1) is 35.5. The van der Waals surface area contributed by atoms with Gasteiger partial charge in [0.15, 0.2) is 0 Å². The number of halogens is 2. The Hall–Kier alpha value is -2.31. The minimum absolute atomic E-state index is 0. The Kier molecular flexibility index (Phi) is 10.6. The second-order valence-corrected chi connectivity index (χ2v) is 17.6. The van der Waals surface area contributed by atoms with Crippen LogP contribution in [0.3, 0.4) is 0 Å². The van der Waals surface area contributed by atoms with Crippen LogP contribution in [-0.4, -0.2) is 3.21 Å². The van der Waals surface area contributed by atoms with E-state index in [-0.39, 0.29) is 35.6 Å². The molecule has 0 atom stereocenters. The summed E-state index contributed by atoms with van der Waals surface area (Å²) in [5.41, 5.74) is 19.7. The predicted molar refractivity (Wildman–Crippen MR) is 184 cm³/mol. The van der Waals surface area contributed by atoms with Crippen molar-refractivity contribution in [1.29, 1.82) is 0 Å². The number of rotatable bonds is 4. The molecule has 6 rings (SSSR count). The van der Waals surface area contributed by atoms with Gasteiger partial charge in [0.25, 0.3) is 0 Å². The Bertz CT molecular complexity index is 1790. The molecule has 0 spiro atoms. The van der Waals surface area contributed by atoms with Crippen molar-refractivity contribution < 1.29 is 47.6 Å². The molecule has 0 fully saturated rings. The van der Waals surface area contributed by atoms with Gasteiger partial charge in [-0.05, 0) is 0 Å². The van der Waals surface area contributed by atoms with E-state index in [1.165, 1.54) is 55.6 Å². The molecule has 0 radical (unpaired) electrons. The van der Waals surface area contributed by atoms with E-state index in [2.05, 4.69) is 147 Å². The monoisotopic (exact) mass is 709 g/mol. The number of fused-ring (bicyclic) bond motifs is 3. The Balaban J connectivity index is 0.00000230. The first-order valence-electron chi connectivity index (χ1n) is 15.8. The zero-order chi connectivity index (χ0) is 30.7. The Morgan fingerprint density at radius 1 is 0.667 bits per heavy atom. The van der Waals surface area contributed by atoms with Gasteiger partial charge in [-0.1, -0.05) is 0 Å². The topological polar surface area (TPSA) is 0 Å². The Labute approximate surface area is 295 Å². The van der Waals surface area contributed by atoms with E-state index in [0.717, 1.165) is 12.8 Å². The molecule has 3 heteroatoms. The van der Waals surface area contributed by atoms with Gasteiger partial charge in [0.05, 0.1) is 0 Å². The third-order valence-corrected chi connectivity index (χ3v) is 13.5. The molecule has 0 saturated heterocycles. The molecule has 0 amide bonds. The SMILES string of the molecule is Cc1c(C(C)(C)C)cc2c(c1C)-c1c(C)c(C3=CC=CC3)c(C(C)(C)C)[c]([Zr+2]=[C](c3ccccc3)c3ccccc3)c1C2.[Cl-].[Cl-]. The van der Waals surface area contributed by atoms with Crippen LogP contribution in [0.5, 0.6) is 0 Å². The maximum absolute atomic E-state index is 2.57. The third-order valence-electron chi connectivity index (χ3n) is 9.48. The van der Waals surface area contributed by atoms with Crippen molar-refractivity contribution in [2.24, 2.45) is 0 Å². The molecule has 4 aromatic carbocycles. The molecule has 0 saturated carbocycles. The van der Waals surface area contributed by atoms with Gasteiger partial charge >= 0.3 is 273 Å². The molecule has 2 aliphatic rings. The summed E-state index contributed by atoms with van der Waals surface area (Å²) in [5.74, 6) is 0. The summed E-state index contributed by atoms with van der Waals surface area (Å²) in [6.07, 6.45) is 9.05. The largest absolute Gasteiger partial charge is 1.00 e. The van der Waals surface area contributed by atoms with Crippen LogP contribution in [0.25, 0.3) is 16.7 Å². The summed E-state index contributed by atoms with van der Waals surface area (Å²) >= 11 is -1.30. The van der Waals surface area contributed by atoms with E-state index in [4.69, 9.17) is 0 Å². The second kappa shape index (κ2) is 13.4. The summed E-state index contributed by atoms with van der Waals surface area (Å²) in [6.45, 7) is 21.6. The fourth-order valence-electron chi connectivity index (χ4n) is 7.46. The summed E-state index contributed by atoms with van der Waals surface area (Å²) in [5, 5.41) is 0. The first-order chi connectivity index (χ1) is 20.4. The third kappa shape index (κ3) is 6.48. The molecule has 2 aliphatic carbocycles. The van der Waals surface area contributed by atoms with E-state index in [9.17, 15) is 0 Å². The normalized spacial score (nSPS) is 13.3. The number of benzene rings is 4. The zero-order valence-electron chi connectivity index (χ0n) is 28.3. The first-order valence-corrected chi connectivity index (χ1v) is 18.3. The molecular formula is C42H45Cl2Zr. The van der Waals surface area contributed by atoms with Crippen molar-refractivity contribution in [2.75, 3.05) is 0 Å². The fraction of sp³-hybridized carbons (Fsp3) is 0.310. The molecule has 0 heterocycles. The van der Waals surface area contributed by atoms with Crippen LogP contribution < -0.4 is 28.1 Å². The fourth-order valence-corrected chi connectivity index (χ4v) is 12.0. The number of allylic oxidation sites excluding steroid dienone is 4. The summed E-state index contributed by atoms with van der Waals surface area (Å²) in [6, 6.07) is 25.0. The number of hydrogen-bond acceptors (Lipinski definition) is 0. The van der Waals surface area contributed by atoms with Crippen LogP contribution in [0.2, 0.25) is 0 Å². The smallest absolute Gasteiger partial charge is 1.00 e. The van der Waals surface area contributed by atoms with Crippen molar-refractivity contribution in [3.63, 3.8) is 0 Å². The van der Waals surface area contributed by atoms with Crippen LogP contribution in [0.4, 0.5) is 0 Å². The predicted octanol–water partition coefficient (Wildman–Crippen LogP) is 4.11.